The Morgan fingerprint density at radius 2 is 2.05 bits per heavy atom. The number of amides is 1. The van der Waals surface area contributed by atoms with Crippen molar-refractivity contribution in [2.24, 2.45) is 10.6 Å². The number of aldehydes is 1. The molecule has 0 aromatic heterocycles. The number of carbonyl (C=O) groups excluding carboxylic acids is 2. The summed E-state index contributed by atoms with van der Waals surface area (Å²) in [5.74, 6) is 0.444. The normalized spacial score (nSPS) is 24.6. The van der Waals surface area contributed by atoms with Crippen LogP contribution in [0.5, 0.6) is 0 Å². The number of nitrogens with zero attached hydrogens (tertiary/aromatic N) is 2. The Morgan fingerprint density at radius 3 is 2.59 bits per heavy atom. The lowest BCUT2D eigenvalue weighted by molar-refractivity contribution is -0.119. The second kappa shape index (κ2) is 6.14. The third kappa shape index (κ3) is 3.90. The van der Waals surface area contributed by atoms with Crippen molar-refractivity contribution in [3.8, 4) is 0 Å². The fourth-order valence-corrected chi connectivity index (χ4v) is 2.41. The van der Waals surface area contributed by atoms with Gasteiger partial charge in [0, 0.05) is 13.1 Å². The number of hydrogen-bond acceptors (Lipinski definition) is 6. The van der Waals surface area contributed by atoms with E-state index in [9.17, 15) is 9.59 Å². The van der Waals surface area contributed by atoms with E-state index in [1.807, 2.05) is 27.7 Å². The zero-order valence-corrected chi connectivity index (χ0v) is 13.6. The maximum absolute atomic E-state index is 12.1. The van der Waals surface area contributed by atoms with Gasteiger partial charge >= 0.3 is 6.09 Å². The van der Waals surface area contributed by atoms with Crippen LogP contribution in [-0.4, -0.2) is 54.6 Å². The minimum absolute atomic E-state index is 0.146. The molecule has 1 saturated heterocycles. The summed E-state index contributed by atoms with van der Waals surface area (Å²) in [6.45, 7) is 8.81. The summed E-state index contributed by atoms with van der Waals surface area (Å²) in [5.41, 5.74) is -0.834. The highest BCUT2D eigenvalue weighted by Gasteiger charge is 2.41. The molecular weight excluding hydrogens is 288 g/mol. The van der Waals surface area contributed by atoms with E-state index in [0.717, 1.165) is 0 Å². The molecule has 0 bridgehead atoms. The van der Waals surface area contributed by atoms with Gasteiger partial charge < -0.3 is 19.2 Å². The van der Waals surface area contributed by atoms with Gasteiger partial charge in [0.1, 0.15) is 5.60 Å². The molecule has 22 heavy (non-hydrogen) atoms. The highest BCUT2D eigenvalue weighted by Crippen LogP contribution is 2.35. The van der Waals surface area contributed by atoms with Crippen LogP contribution in [0, 0.1) is 5.41 Å². The van der Waals surface area contributed by atoms with Crippen molar-refractivity contribution >= 4 is 18.3 Å². The third-order valence-corrected chi connectivity index (χ3v) is 3.84. The van der Waals surface area contributed by atoms with Crippen LogP contribution in [0.15, 0.2) is 5.16 Å². The number of carbonyl (C=O) groups is 2. The largest absolute Gasteiger partial charge is 0.463 e. The van der Waals surface area contributed by atoms with Gasteiger partial charge in [-0.25, -0.2) is 4.79 Å². The van der Waals surface area contributed by atoms with Gasteiger partial charge in [-0.15, -0.1) is 0 Å². The molecule has 7 nitrogen and oxygen atoms in total. The first-order valence-electron chi connectivity index (χ1n) is 7.54. The van der Waals surface area contributed by atoms with Crippen molar-refractivity contribution in [2.75, 3.05) is 19.7 Å². The van der Waals surface area contributed by atoms with Gasteiger partial charge in [0.2, 0.25) is 5.90 Å². The highest BCUT2D eigenvalue weighted by atomic mass is 16.7. The lowest BCUT2D eigenvalue weighted by Crippen LogP contribution is -2.48. The topological polar surface area (TPSA) is 77.4 Å². The summed E-state index contributed by atoms with van der Waals surface area (Å²) in [4.78, 5) is 29.7. The molecule has 0 N–H and O–H groups in total. The van der Waals surface area contributed by atoms with Crippen molar-refractivity contribution in [3.63, 3.8) is 0 Å². The van der Waals surface area contributed by atoms with E-state index in [-0.39, 0.29) is 18.1 Å². The number of hydrogen-bond donors (Lipinski definition) is 0. The van der Waals surface area contributed by atoms with Crippen LogP contribution in [0.3, 0.4) is 0 Å². The fourth-order valence-electron chi connectivity index (χ4n) is 2.41. The summed E-state index contributed by atoms with van der Waals surface area (Å²) >= 11 is 0. The van der Waals surface area contributed by atoms with E-state index in [1.165, 1.54) is 0 Å². The van der Waals surface area contributed by atoms with E-state index < -0.39 is 11.7 Å². The number of oxime groups is 1. The number of likely N-dealkylation sites (tertiary alicyclic amines) is 1. The van der Waals surface area contributed by atoms with Gasteiger partial charge in [-0.3, -0.25) is 4.79 Å². The summed E-state index contributed by atoms with van der Waals surface area (Å²) in [7, 11) is 0. The minimum atomic E-state index is -0.604. The lowest BCUT2D eigenvalue weighted by atomic mass is 9.80. The van der Waals surface area contributed by atoms with Gasteiger partial charge in [0.05, 0.1) is 5.41 Å². The van der Waals surface area contributed by atoms with E-state index in [0.29, 0.717) is 38.1 Å². The second-order valence-electron chi connectivity index (χ2n) is 7.01. The molecule has 1 fully saturated rings. The maximum atomic E-state index is 12.1. The zero-order valence-electron chi connectivity index (χ0n) is 13.6. The Kier molecular flexibility index (Phi) is 4.63. The molecule has 2 aliphatic heterocycles. The van der Waals surface area contributed by atoms with Crippen molar-refractivity contribution in [2.45, 2.75) is 52.2 Å². The summed E-state index contributed by atoms with van der Waals surface area (Å²) in [6, 6.07) is 0. The lowest BCUT2D eigenvalue weighted by Gasteiger charge is -2.40. The van der Waals surface area contributed by atoms with E-state index in [1.54, 1.807) is 4.90 Å². The van der Waals surface area contributed by atoms with Crippen LogP contribution < -0.4 is 0 Å². The van der Waals surface area contributed by atoms with Gasteiger partial charge in [0.15, 0.2) is 19.0 Å². The molecule has 1 amide bonds. The predicted octanol–water partition coefficient (Wildman–Crippen LogP) is 1.95. The fraction of sp³-hybridized carbons (Fsp3) is 0.800. The SMILES string of the molecule is CC(C)(C)OC(=O)N1CCC(C)(C2=NOCC(C=O)O2)CC1. The monoisotopic (exact) mass is 312 g/mol. The van der Waals surface area contributed by atoms with Crippen LogP contribution >= 0.6 is 0 Å². The molecule has 0 aromatic carbocycles. The van der Waals surface area contributed by atoms with Crippen molar-refractivity contribution in [1.29, 1.82) is 0 Å². The Bertz CT molecular complexity index is 461. The molecule has 0 radical (unpaired) electrons. The van der Waals surface area contributed by atoms with Gasteiger partial charge in [0.25, 0.3) is 0 Å². The standard InChI is InChI=1S/C15H24N2O5/c1-14(2,3)22-13(19)17-7-5-15(4,6-8-17)12-16-20-10-11(9-18)21-12/h9,11H,5-8,10H2,1-4H3. The average Bonchev–Trinajstić information content (AvgIpc) is 2.46. The zero-order chi connectivity index (χ0) is 16.4. The van der Waals surface area contributed by atoms with Crippen LogP contribution in [0.4, 0.5) is 4.79 Å². The van der Waals surface area contributed by atoms with Crippen molar-refractivity contribution < 1.29 is 23.9 Å². The Morgan fingerprint density at radius 1 is 1.41 bits per heavy atom. The Labute approximate surface area is 130 Å². The molecule has 0 spiro atoms. The molecule has 2 heterocycles. The molecular formula is C15H24N2O5. The number of piperidine rings is 1. The molecule has 7 heteroatoms. The smallest absolute Gasteiger partial charge is 0.410 e. The van der Waals surface area contributed by atoms with Crippen LogP contribution in [0.25, 0.3) is 0 Å². The molecule has 1 atom stereocenters. The molecule has 2 rings (SSSR count). The van der Waals surface area contributed by atoms with Crippen molar-refractivity contribution in [3.05, 3.63) is 0 Å². The van der Waals surface area contributed by atoms with E-state index in [4.69, 9.17) is 14.3 Å². The average molecular weight is 312 g/mol. The number of rotatable bonds is 2. The summed E-state index contributed by atoms with van der Waals surface area (Å²) in [6.07, 6.45) is 1.17. The third-order valence-electron chi connectivity index (χ3n) is 3.84. The van der Waals surface area contributed by atoms with Gasteiger partial charge in [-0.05, 0) is 33.6 Å². The van der Waals surface area contributed by atoms with E-state index >= 15 is 0 Å². The van der Waals surface area contributed by atoms with Gasteiger partial charge in [-0.2, -0.15) is 0 Å². The van der Waals surface area contributed by atoms with E-state index in [2.05, 4.69) is 5.16 Å². The summed E-state index contributed by atoms with van der Waals surface area (Å²) < 4.78 is 11.0. The Balaban J connectivity index is 1.94. The van der Waals surface area contributed by atoms with Crippen LogP contribution in [0.2, 0.25) is 0 Å². The molecule has 0 aromatic rings. The first-order valence-corrected chi connectivity index (χ1v) is 7.54. The molecule has 0 aliphatic carbocycles. The first kappa shape index (κ1) is 16.6. The molecule has 2 aliphatic rings. The molecule has 0 saturated carbocycles. The van der Waals surface area contributed by atoms with Crippen LogP contribution in [-0.2, 0) is 19.1 Å². The van der Waals surface area contributed by atoms with Crippen LogP contribution in [0.1, 0.15) is 40.5 Å². The number of ether oxygens (including phenoxy) is 2. The van der Waals surface area contributed by atoms with Gasteiger partial charge in [-0.1, -0.05) is 12.1 Å². The quantitative estimate of drug-likeness (QED) is 0.728. The minimum Gasteiger partial charge on any atom is -0.463 e. The predicted molar refractivity (Wildman–Crippen MR) is 79.5 cm³/mol. The molecule has 124 valence electrons. The van der Waals surface area contributed by atoms with Crippen molar-refractivity contribution in [1.82, 2.24) is 4.90 Å². The first-order chi connectivity index (χ1) is 10.2. The second-order valence-corrected chi connectivity index (χ2v) is 7.01. The maximum Gasteiger partial charge on any atom is 0.410 e. The Hall–Kier alpha value is -1.79. The molecule has 1 unspecified atom stereocenters. The highest BCUT2D eigenvalue weighted by molar-refractivity contribution is 5.84. The summed E-state index contributed by atoms with van der Waals surface area (Å²) in [5, 5.41) is 3.95.